The number of halogens is 1. The first-order valence-electron chi connectivity index (χ1n) is 7.53. The summed E-state index contributed by atoms with van der Waals surface area (Å²) in [6, 6.07) is 8.01. The molecule has 5 nitrogen and oxygen atoms in total. The van der Waals surface area contributed by atoms with Gasteiger partial charge in [0.2, 0.25) is 5.91 Å². The van der Waals surface area contributed by atoms with Gasteiger partial charge >= 0.3 is 0 Å². The van der Waals surface area contributed by atoms with E-state index in [2.05, 4.69) is 9.97 Å². The van der Waals surface area contributed by atoms with Crippen LogP contribution in [0.15, 0.2) is 35.1 Å². The molecule has 1 aliphatic rings. The van der Waals surface area contributed by atoms with E-state index in [1.54, 1.807) is 30.0 Å². The number of aromatic nitrogens is 2. The second-order valence-corrected chi connectivity index (χ2v) is 5.91. The van der Waals surface area contributed by atoms with Crippen LogP contribution in [0.3, 0.4) is 0 Å². The van der Waals surface area contributed by atoms with Crippen LogP contribution in [-0.2, 0) is 4.79 Å². The third kappa shape index (κ3) is 3.02. The highest BCUT2D eigenvalue weighted by Crippen LogP contribution is 2.39. The van der Waals surface area contributed by atoms with Crippen LogP contribution in [0.1, 0.15) is 35.8 Å². The van der Waals surface area contributed by atoms with Crippen molar-refractivity contribution in [3.63, 3.8) is 0 Å². The molecule has 1 aliphatic heterocycles. The van der Waals surface area contributed by atoms with Gasteiger partial charge in [-0.3, -0.25) is 9.59 Å². The number of benzene rings is 1. The van der Waals surface area contributed by atoms with Gasteiger partial charge in [-0.25, -0.2) is 9.37 Å². The van der Waals surface area contributed by atoms with Crippen molar-refractivity contribution in [3.8, 4) is 0 Å². The summed E-state index contributed by atoms with van der Waals surface area (Å²) in [6.45, 7) is 4.07. The van der Waals surface area contributed by atoms with Crippen molar-refractivity contribution in [2.45, 2.75) is 25.7 Å². The fourth-order valence-electron chi connectivity index (χ4n) is 3.24. The second kappa shape index (κ2) is 5.95. The number of likely N-dealkylation sites (tertiary alicyclic amines) is 1. The van der Waals surface area contributed by atoms with Crippen LogP contribution in [0.2, 0.25) is 0 Å². The summed E-state index contributed by atoms with van der Waals surface area (Å²) in [6.07, 6.45) is 0. The predicted molar refractivity (Wildman–Crippen MR) is 83.7 cm³/mol. The lowest BCUT2D eigenvalue weighted by atomic mass is 9.86. The topological polar surface area (TPSA) is 66.1 Å². The van der Waals surface area contributed by atoms with Gasteiger partial charge < -0.3 is 9.88 Å². The number of aromatic amines is 1. The monoisotopic (exact) mass is 315 g/mol. The van der Waals surface area contributed by atoms with Gasteiger partial charge in [0.05, 0.1) is 5.69 Å². The molecule has 3 rings (SSSR count). The Kier molecular flexibility index (Phi) is 3.98. The minimum atomic E-state index is -0.297. The number of carbonyl (C=O) groups excluding carboxylic acids is 1. The molecule has 2 heterocycles. The molecule has 120 valence electrons. The molecule has 0 spiro atoms. The molecule has 6 heteroatoms. The highest BCUT2D eigenvalue weighted by atomic mass is 19.1. The lowest BCUT2D eigenvalue weighted by molar-refractivity contribution is -0.127. The van der Waals surface area contributed by atoms with Crippen molar-refractivity contribution in [2.24, 2.45) is 0 Å². The number of H-pyrrole nitrogens is 1. The molecule has 2 aromatic rings. The zero-order valence-corrected chi connectivity index (χ0v) is 13.0. The Morgan fingerprint density at radius 1 is 1.30 bits per heavy atom. The van der Waals surface area contributed by atoms with E-state index in [-0.39, 0.29) is 29.1 Å². The lowest BCUT2D eigenvalue weighted by Crippen LogP contribution is -2.26. The lowest BCUT2D eigenvalue weighted by Gasteiger charge is -2.18. The quantitative estimate of drug-likeness (QED) is 0.921. The van der Waals surface area contributed by atoms with E-state index < -0.39 is 0 Å². The second-order valence-electron chi connectivity index (χ2n) is 5.91. The number of hydrogen-bond donors (Lipinski definition) is 1. The molecular formula is C17H18FN3O2. The van der Waals surface area contributed by atoms with Crippen LogP contribution in [0.4, 0.5) is 4.39 Å². The Labute approximate surface area is 133 Å². The summed E-state index contributed by atoms with van der Waals surface area (Å²) in [5, 5.41) is 0. The minimum Gasteiger partial charge on any atom is -0.342 e. The number of amides is 1. The maximum absolute atomic E-state index is 14.2. The number of aryl methyl sites for hydroxylation is 1. The Hall–Kier alpha value is -2.50. The van der Waals surface area contributed by atoms with Crippen molar-refractivity contribution >= 4 is 5.91 Å². The summed E-state index contributed by atoms with van der Waals surface area (Å²) in [5.41, 5.74) is 0.922. The average Bonchev–Trinajstić information content (AvgIpc) is 2.92. The molecular weight excluding hydrogens is 297 g/mol. The predicted octanol–water partition coefficient (Wildman–Crippen LogP) is 1.95. The molecule has 0 radical (unpaired) electrons. The first kappa shape index (κ1) is 15.4. The standard InChI is InChI=1S/C17H18FN3O2/c1-10-19-16(7-17(23)20-10)14-9-21(11(2)22)8-13(14)12-5-3-4-6-15(12)18/h3-7,13-14H,8-9H2,1-2H3,(H,19,20,23)/t13-,14+/m1/s1. The summed E-state index contributed by atoms with van der Waals surface area (Å²) in [4.78, 5) is 32.2. The summed E-state index contributed by atoms with van der Waals surface area (Å²) >= 11 is 0. The molecule has 0 aliphatic carbocycles. The van der Waals surface area contributed by atoms with Crippen molar-refractivity contribution in [1.82, 2.24) is 14.9 Å². The first-order chi connectivity index (χ1) is 11.0. The van der Waals surface area contributed by atoms with E-state index >= 15 is 0 Å². The Morgan fingerprint density at radius 3 is 2.65 bits per heavy atom. The van der Waals surface area contributed by atoms with Gasteiger partial charge in [0, 0.05) is 37.9 Å². The van der Waals surface area contributed by atoms with Crippen LogP contribution in [0.25, 0.3) is 0 Å². The van der Waals surface area contributed by atoms with Crippen LogP contribution >= 0.6 is 0 Å². The maximum atomic E-state index is 14.2. The zero-order chi connectivity index (χ0) is 16.6. The van der Waals surface area contributed by atoms with Gasteiger partial charge in [0.1, 0.15) is 11.6 Å². The molecule has 2 atom stereocenters. The molecule has 0 saturated carbocycles. The van der Waals surface area contributed by atoms with Gasteiger partial charge in [-0.2, -0.15) is 0 Å². The number of rotatable bonds is 2. The highest BCUT2D eigenvalue weighted by molar-refractivity contribution is 5.74. The van der Waals surface area contributed by atoms with Crippen LogP contribution in [0.5, 0.6) is 0 Å². The first-order valence-corrected chi connectivity index (χ1v) is 7.53. The van der Waals surface area contributed by atoms with Crippen LogP contribution in [0, 0.1) is 12.7 Å². The van der Waals surface area contributed by atoms with E-state index in [1.807, 2.05) is 0 Å². The van der Waals surface area contributed by atoms with Gasteiger partial charge in [0.25, 0.3) is 5.56 Å². The van der Waals surface area contributed by atoms with E-state index in [4.69, 9.17) is 0 Å². The van der Waals surface area contributed by atoms with Crippen LogP contribution < -0.4 is 5.56 Å². The molecule has 1 N–H and O–H groups in total. The van der Waals surface area contributed by atoms with E-state index in [0.717, 1.165) is 0 Å². The van der Waals surface area contributed by atoms with Gasteiger partial charge in [0.15, 0.2) is 0 Å². The SMILES string of the molecule is CC(=O)N1C[C@H](c2cc(=O)[nH]c(C)n2)[C@@H](c2ccccc2F)C1. The number of hydrogen-bond acceptors (Lipinski definition) is 3. The largest absolute Gasteiger partial charge is 0.342 e. The molecule has 0 unspecified atom stereocenters. The van der Waals surface area contributed by atoms with Gasteiger partial charge in [-0.05, 0) is 18.6 Å². The van der Waals surface area contributed by atoms with E-state index in [0.29, 0.717) is 30.2 Å². The molecule has 1 fully saturated rings. The van der Waals surface area contributed by atoms with Crippen molar-refractivity contribution < 1.29 is 9.18 Å². The third-order valence-electron chi connectivity index (χ3n) is 4.33. The van der Waals surface area contributed by atoms with Crippen LogP contribution in [-0.4, -0.2) is 33.9 Å². The maximum Gasteiger partial charge on any atom is 0.251 e. The van der Waals surface area contributed by atoms with Crippen molar-refractivity contribution in [1.29, 1.82) is 0 Å². The zero-order valence-electron chi connectivity index (χ0n) is 13.0. The number of nitrogens with one attached hydrogen (secondary N) is 1. The third-order valence-corrected chi connectivity index (χ3v) is 4.33. The smallest absolute Gasteiger partial charge is 0.251 e. The van der Waals surface area contributed by atoms with E-state index in [9.17, 15) is 14.0 Å². The fourth-order valence-corrected chi connectivity index (χ4v) is 3.24. The minimum absolute atomic E-state index is 0.0598. The highest BCUT2D eigenvalue weighted by Gasteiger charge is 2.38. The summed E-state index contributed by atoms with van der Waals surface area (Å²) in [5.74, 6) is -0.253. The molecule has 1 saturated heterocycles. The number of carbonyl (C=O) groups is 1. The molecule has 1 amide bonds. The van der Waals surface area contributed by atoms with Gasteiger partial charge in [-0.15, -0.1) is 0 Å². The van der Waals surface area contributed by atoms with Crippen molar-refractivity contribution in [3.05, 3.63) is 63.6 Å². The fraction of sp³-hybridized carbons (Fsp3) is 0.353. The normalized spacial score (nSPS) is 20.7. The Bertz CT molecular complexity index is 802. The Balaban J connectivity index is 2.06. The van der Waals surface area contributed by atoms with E-state index in [1.165, 1.54) is 19.1 Å². The van der Waals surface area contributed by atoms with Crippen molar-refractivity contribution in [2.75, 3.05) is 13.1 Å². The van der Waals surface area contributed by atoms with Gasteiger partial charge in [-0.1, -0.05) is 18.2 Å². The summed E-state index contributed by atoms with van der Waals surface area (Å²) in [7, 11) is 0. The molecule has 1 aromatic heterocycles. The Morgan fingerprint density at radius 2 is 2.00 bits per heavy atom. The average molecular weight is 315 g/mol. The summed E-state index contributed by atoms with van der Waals surface area (Å²) < 4.78 is 14.2. The molecule has 23 heavy (non-hydrogen) atoms. The molecule has 1 aromatic carbocycles. The number of nitrogens with zero attached hydrogens (tertiary/aromatic N) is 2. The molecule has 0 bridgehead atoms.